The van der Waals surface area contributed by atoms with Crippen molar-refractivity contribution in [1.82, 2.24) is 5.32 Å². The van der Waals surface area contributed by atoms with Crippen LogP contribution in [0.15, 0.2) is 12.1 Å². The van der Waals surface area contributed by atoms with Crippen LogP contribution in [0.2, 0.25) is 0 Å². The number of nitrogens with one attached hydrogen (secondary N) is 1. The van der Waals surface area contributed by atoms with Crippen molar-refractivity contribution >= 4 is 11.3 Å². The summed E-state index contributed by atoms with van der Waals surface area (Å²) >= 11 is 1.57. The maximum absolute atomic E-state index is 8.74. The van der Waals surface area contributed by atoms with E-state index in [9.17, 15) is 0 Å². The first-order chi connectivity index (χ1) is 8.33. The molecule has 3 nitrogen and oxygen atoms in total. The van der Waals surface area contributed by atoms with Gasteiger partial charge in [-0.05, 0) is 30.9 Å². The smallest absolute Gasteiger partial charge is 0.110 e. The molecule has 1 aromatic heterocycles. The molecule has 92 valence electrons. The average molecular weight is 250 g/mol. The third-order valence-corrected chi connectivity index (χ3v) is 4.22. The zero-order valence-corrected chi connectivity index (χ0v) is 10.9. The zero-order valence-electron chi connectivity index (χ0n) is 10.1. The predicted molar refractivity (Wildman–Crippen MR) is 68.9 cm³/mol. The van der Waals surface area contributed by atoms with Crippen LogP contribution in [0.4, 0.5) is 0 Å². The summed E-state index contributed by atoms with van der Waals surface area (Å²) in [7, 11) is 0. The van der Waals surface area contributed by atoms with Crippen molar-refractivity contribution < 1.29 is 4.74 Å². The molecule has 1 saturated heterocycles. The lowest BCUT2D eigenvalue weighted by atomic mass is 10.00. The molecule has 1 N–H and O–H groups in total. The molecule has 2 unspecified atom stereocenters. The van der Waals surface area contributed by atoms with Crippen molar-refractivity contribution in [2.75, 3.05) is 13.2 Å². The fourth-order valence-electron chi connectivity index (χ4n) is 2.29. The molecule has 1 aliphatic heterocycles. The molecule has 0 aromatic carbocycles. The Hall–Kier alpha value is -0.890. The molecule has 2 rings (SSSR count). The van der Waals surface area contributed by atoms with Crippen molar-refractivity contribution in [3.05, 3.63) is 21.9 Å². The Morgan fingerprint density at radius 3 is 3.18 bits per heavy atom. The summed E-state index contributed by atoms with van der Waals surface area (Å²) in [6, 6.07) is 6.08. The Kier molecular flexibility index (Phi) is 4.55. The Balaban J connectivity index is 1.74. The third-order valence-electron chi connectivity index (χ3n) is 3.23. The molecule has 2 heterocycles. The lowest BCUT2D eigenvalue weighted by Gasteiger charge is -2.16. The molecule has 1 aliphatic rings. The topological polar surface area (TPSA) is 45.0 Å². The van der Waals surface area contributed by atoms with Crippen molar-refractivity contribution in [2.24, 2.45) is 5.92 Å². The standard InChI is InChI=1S/C13H18N2OS/c1-2-13-10(5-6-16-13)8-15-9-12-4-3-11(7-14)17-12/h3-4,10,13,15H,2,5-6,8-9H2,1H3. The maximum atomic E-state index is 8.74. The van der Waals surface area contributed by atoms with Gasteiger partial charge in [-0.3, -0.25) is 0 Å². The maximum Gasteiger partial charge on any atom is 0.110 e. The highest BCUT2D eigenvalue weighted by molar-refractivity contribution is 7.12. The van der Waals surface area contributed by atoms with E-state index in [1.165, 1.54) is 11.3 Å². The van der Waals surface area contributed by atoms with E-state index in [0.29, 0.717) is 12.0 Å². The molecule has 1 aromatic rings. The van der Waals surface area contributed by atoms with E-state index in [-0.39, 0.29) is 0 Å². The molecule has 4 heteroatoms. The van der Waals surface area contributed by atoms with Crippen LogP contribution in [-0.4, -0.2) is 19.3 Å². The number of nitriles is 1. The molecule has 0 bridgehead atoms. The van der Waals surface area contributed by atoms with Crippen LogP contribution in [0.3, 0.4) is 0 Å². The fourth-order valence-corrected chi connectivity index (χ4v) is 3.07. The Bertz CT molecular complexity index is 396. The van der Waals surface area contributed by atoms with Crippen molar-refractivity contribution in [2.45, 2.75) is 32.4 Å². The van der Waals surface area contributed by atoms with E-state index in [4.69, 9.17) is 10.00 Å². The van der Waals surface area contributed by atoms with Crippen LogP contribution in [0.25, 0.3) is 0 Å². The Morgan fingerprint density at radius 2 is 2.47 bits per heavy atom. The number of hydrogen-bond acceptors (Lipinski definition) is 4. The highest BCUT2D eigenvalue weighted by Crippen LogP contribution is 2.23. The molecule has 17 heavy (non-hydrogen) atoms. The second-order valence-corrected chi connectivity index (χ2v) is 5.54. The van der Waals surface area contributed by atoms with Crippen LogP contribution in [0.1, 0.15) is 29.5 Å². The number of nitrogens with zero attached hydrogens (tertiary/aromatic N) is 1. The van der Waals surface area contributed by atoms with Gasteiger partial charge >= 0.3 is 0 Å². The quantitative estimate of drug-likeness (QED) is 0.873. The monoisotopic (exact) mass is 250 g/mol. The largest absolute Gasteiger partial charge is 0.378 e. The summed E-state index contributed by atoms with van der Waals surface area (Å²) in [5.74, 6) is 0.649. The normalized spacial score (nSPS) is 23.8. The van der Waals surface area contributed by atoms with Gasteiger partial charge in [0, 0.05) is 24.6 Å². The number of hydrogen-bond donors (Lipinski definition) is 1. The lowest BCUT2D eigenvalue weighted by Crippen LogP contribution is -2.27. The summed E-state index contributed by atoms with van der Waals surface area (Å²) in [5, 5.41) is 12.2. The van der Waals surface area contributed by atoms with E-state index in [1.54, 1.807) is 11.3 Å². The van der Waals surface area contributed by atoms with Gasteiger partial charge in [-0.1, -0.05) is 6.92 Å². The highest BCUT2D eigenvalue weighted by atomic mass is 32.1. The van der Waals surface area contributed by atoms with E-state index in [1.807, 2.05) is 12.1 Å². The minimum absolute atomic E-state index is 0.431. The second kappa shape index (κ2) is 6.15. The van der Waals surface area contributed by atoms with Crippen molar-refractivity contribution in [3.63, 3.8) is 0 Å². The molecule has 0 amide bonds. The zero-order chi connectivity index (χ0) is 12.1. The van der Waals surface area contributed by atoms with Gasteiger partial charge in [0.15, 0.2) is 0 Å². The van der Waals surface area contributed by atoms with Gasteiger partial charge in [-0.2, -0.15) is 5.26 Å². The first-order valence-electron chi connectivity index (χ1n) is 6.14. The number of rotatable bonds is 5. The predicted octanol–water partition coefficient (Wildman–Crippen LogP) is 2.52. The van der Waals surface area contributed by atoms with Crippen molar-refractivity contribution in [1.29, 1.82) is 5.26 Å². The molecule has 0 saturated carbocycles. The summed E-state index contributed by atoms with van der Waals surface area (Å²) in [5.41, 5.74) is 0. The van der Waals surface area contributed by atoms with Crippen LogP contribution >= 0.6 is 11.3 Å². The van der Waals surface area contributed by atoms with E-state index in [0.717, 1.165) is 31.0 Å². The molecule has 0 aliphatic carbocycles. The van der Waals surface area contributed by atoms with Crippen LogP contribution in [-0.2, 0) is 11.3 Å². The van der Waals surface area contributed by atoms with Crippen LogP contribution in [0, 0.1) is 17.2 Å². The minimum Gasteiger partial charge on any atom is -0.378 e. The van der Waals surface area contributed by atoms with Gasteiger partial charge in [0.05, 0.1) is 6.10 Å². The van der Waals surface area contributed by atoms with Crippen LogP contribution in [0.5, 0.6) is 0 Å². The van der Waals surface area contributed by atoms with Gasteiger partial charge in [-0.25, -0.2) is 0 Å². The Labute approximate surface area is 106 Å². The first-order valence-corrected chi connectivity index (χ1v) is 6.96. The fraction of sp³-hybridized carbons (Fsp3) is 0.615. The molecule has 0 radical (unpaired) electrons. The summed E-state index contributed by atoms with van der Waals surface area (Å²) in [4.78, 5) is 2.02. The highest BCUT2D eigenvalue weighted by Gasteiger charge is 2.25. The lowest BCUT2D eigenvalue weighted by molar-refractivity contribution is 0.0872. The molecule has 1 fully saturated rings. The van der Waals surface area contributed by atoms with Gasteiger partial charge in [-0.15, -0.1) is 11.3 Å². The van der Waals surface area contributed by atoms with E-state index >= 15 is 0 Å². The molecule has 2 atom stereocenters. The molecule has 0 spiro atoms. The van der Waals surface area contributed by atoms with Crippen molar-refractivity contribution in [3.8, 4) is 6.07 Å². The SMILES string of the molecule is CCC1OCCC1CNCc1ccc(C#N)s1. The molecular weight excluding hydrogens is 232 g/mol. The van der Waals surface area contributed by atoms with Crippen LogP contribution < -0.4 is 5.32 Å². The summed E-state index contributed by atoms with van der Waals surface area (Å²) < 4.78 is 5.66. The second-order valence-electron chi connectivity index (χ2n) is 4.37. The first kappa shape index (κ1) is 12.6. The van der Waals surface area contributed by atoms with Gasteiger partial charge < -0.3 is 10.1 Å². The summed E-state index contributed by atoms with van der Waals surface area (Å²) in [6.07, 6.45) is 2.70. The summed E-state index contributed by atoms with van der Waals surface area (Å²) in [6.45, 7) is 4.96. The third kappa shape index (κ3) is 3.29. The van der Waals surface area contributed by atoms with E-state index < -0.39 is 0 Å². The number of thiophene rings is 1. The van der Waals surface area contributed by atoms with E-state index in [2.05, 4.69) is 18.3 Å². The molecular formula is C13H18N2OS. The Morgan fingerprint density at radius 1 is 1.59 bits per heavy atom. The average Bonchev–Trinajstić information content (AvgIpc) is 2.97. The minimum atomic E-state index is 0.431. The van der Waals surface area contributed by atoms with Gasteiger partial charge in [0.2, 0.25) is 0 Å². The number of ether oxygens (including phenoxy) is 1. The van der Waals surface area contributed by atoms with Gasteiger partial charge in [0.1, 0.15) is 10.9 Å². The van der Waals surface area contributed by atoms with Gasteiger partial charge in [0.25, 0.3) is 0 Å².